The third-order valence-electron chi connectivity index (χ3n) is 3.59. The number of carbonyl (C=O) groups excluding carboxylic acids is 1. The lowest BCUT2D eigenvalue weighted by Crippen LogP contribution is -2.16. The normalized spacial score (nSPS) is 14.4. The van der Waals surface area contributed by atoms with Crippen LogP contribution in [0.3, 0.4) is 0 Å². The zero-order valence-corrected chi connectivity index (χ0v) is 11.9. The minimum absolute atomic E-state index is 0.0633. The van der Waals surface area contributed by atoms with Gasteiger partial charge in [0.15, 0.2) is 0 Å². The zero-order valence-electron chi connectivity index (χ0n) is 11.9. The van der Waals surface area contributed by atoms with Crippen molar-refractivity contribution in [1.29, 1.82) is 0 Å². The fraction of sp³-hybridized carbons (Fsp3) is 0.385. The SMILES string of the molecule is Cc1nonc1CC(=O)Nc1nc2nccc(C3CC3)n2n1. The fourth-order valence-corrected chi connectivity index (χ4v) is 2.28. The molecule has 3 aromatic heterocycles. The van der Waals surface area contributed by atoms with Crippen molar-refractivity contribution in [3.63, 3.8) is 0 Å². The van der Waals surface area contributed by atoms with Crippen LogP contribution in [0.25, 0.3) is 5.78 Å². The Bertz CT molecular complexity index is 849. The first-order chi connectivity index (χ1) is 10.7. The number of nitrogens with zero attached hydrogens (tertiary/aromatic N) is 6. The molecule has 0 spiro atoms. The summed E-state index contributed by atoms with van der Waals surface area (Å²) in [4.78, 5) is 20.4. The maximum atomic E-state index is 12.0. The lowest BCUT2D eigenvalue weighted by molar-refractivity contribution is -0.115. The van der Waals surface area contributed by atoms with E-state index in [9.17, 15) is 4.79 Å². The third kappa shape index (κ3) is 2.30. The number of rotatable bonds is 4. The topological polar surface area (TPSA) is 111 Å². The third-order valence-corrected chi connectivity index (χ3v) is 3.59. The Morgan fingerprint density at radius 1 is 1.45 bits per heavy atom. The molecule has 0 aromatic carbocycles. The molecule has 1 aliphatic rings. The molecule has 22 heavy (non-hydrogen) atoms. The smallest absolute Gasteiger partial charge is 0.254 e. The number of aromatic nitrogens is 6. The summed E-state index contributed by atoms with van der Waals surface area (Å²) in [5, 5.41) is 14.3. The second kappa shape index (κ2) is 4.86. The van der Waals surface area contributed by atoms with E-state index in [4.69, 9.17) is 0 Å². The lowest BCUT2D eigenvalue weighted by Gasteiger charge is -1.99. The molecule has 1 amide bonds. The van der Waals surface area contributed by atoms with Gasteiger partial charge in [-0.3, -0.25) is 10.1 Å². The van der Waals surface area contributed by atoms with Crippen LogP contribution in [0.1, 0.15) is 35.8 Å². The molecule has 0 bridgehead atoms. The average Bonchev–Trinajstić information content (AvgIpc) is 3.14. The predicted molar refractivity (Wildman–Crippen MR) is 74.1 cm³/mol. The monoisotopic (exact) mass is 299 g/mol. The average molecular weight is 299 g/mol. The maximum Gasteiger partial charge on any atom is 0.254 e. The maximum absolute atomic E-state index is 12.0. The van der Waals surface area contributed by atoms with Crippen molar-refractivity contribution in [3.8, 4) is 0 Å². The summed E-state index contributed by atoms with van der Waals surface area (Å²) >= 11 is 0. The van der Waals surface area contributed by atoms with Crippen LogP contribution in [-0.4, -0.2) is 35.8 Å². The highest BCUT2D eigenvalue weighted by atomic mass is 16.6. The van der Waals surface area contributed by atoms with Gasteiger partial charge in [-0.05, 0) is 25.8 Å². The second-order valence-electron chi connectivity index (χ2n) is 5.31. The summed E-state index contributed by atoms with van der Waals surface area (Å²) in [6, 6.07) is 1.94. The molecule has 0 unspecified atom stereocenters. The van der Waals surface area contributed by atoms with E-state index < -0.39 is 0 Å². The van der Waals surface area contributed by atoms with Crippen molar-refractivity contribution >= 4 is 17.6 Å². The van der Waals surface area contributed by atoms with Gasteiger partial charge in [0.25, 0.3) is 11.7 Å². The molecular formula is C13H13N7O2. The van der Waals surface area contributed by atoms with E-state index in [2.05, 4.69) is 35.3 Å². The molecule has 0 radical (unpaired) electrons. The van der Waals surface area contributed by atoms with Crippen molar-refractivity contribution in [2.24, 2.45) is 0 Å². The summed E-state index contributed by atoms with van der Waals surface area (Å²) in [5.41, 5.74) is 2.17. The van der Waals surface area contributed by atoms with Crippen LogP contribution in [0, 0.1) is 6.92 Å². The highest BCUT2D eigenvalue weighted by Gasteiger charge is 2.27. The Hall–Kier alpha value is -2.84. The molecule has 4 rings (SSSR count). The zero-order chi connectivity index (χ0) is 15.1. The van der Waals surface area contributed by atoms with Gasteiger partial charge in [0.05, 0.1) is 12.1 Å². The molecule has 1 N–H and O–H groups in total. The fourth-order valence-electron chi connectivity index (χ4n) is 2.28. The number of fused-ring (bicyclic) bond motifs is 1. The molecule has 112 valence electrons. The minimum Gasteiger partial charge on any atom is -0.293 e. The molecule has 1 saturated carbocycles. The van der Waals surface area contributed by atoms with E-state index in [1.165, 1.54) is 0 Å². The van der Waals surface area contributed by atoms with E-state index in [0.717, 1.165) is 18.5 Å². The van der Waals surface area contributed by atoms with E-state index in [1.807, 2.05) is 6.07 Å². The number of carbonyl (C=O) groups is 1. The van der Waals surface area contributed by atoms with Crippen molar-refractivity contribution in [3.05, 3.63) is 29.3 Å². The van der Waals surface area contributed by atoms with Crippen LogP contribution in [0.15, 0.2) is 16.9 Å². The van der Waals surface area contributed by atoms with Crippen LogP contribution in [0.5, 0.6) is 0 Å². The molecule has 3 heterocycles. The Morgan fingerprint density at radius 3 is 3.05 bits per heavy atom. The standard InChI is InChI=1S/C13H13N7O2/c1-7-9(19-22-18-7)6-11(21)15-12-16-13-14-5-4-10(8-2-3-8)20(13)17-12/h4-5,8H,2-3,6H2,1H3,(H,15,17,21). The predicted octanol–water partition coefficient (Wildman–Crippen LogP) is 0.874. The van der Waals surface area contributed by atoms with Gasteiger partial charge in [-0.15, -0.1) is 5.10 Å². The molecule has 3 aromatic rings. The first-order valence-electron chi connectivity index (χ1n) is 7.00. The van der Waals surface area contributed by atoms with Gasteiger partial charge in [0, 0.05) is 12.1 Å². The number of hydrogen-bond acceptors (Lipinski definition) is 7. The molecule has 9 heteroatoms. The van der Waals surface area contributed by atoms with Crippen molar-refractivity contribution in [2.45, 2.75) is 32.1 Å². The van der Waals surface area contributed by atoms with Gasteiger partial charge in [-0.25, -0.2) is 9.61 Å². The van der Waals surface area contributed by atoms with Gasteiger partial charge >= 0.3 is 0 Å². The highest BCUT2D eigenvalue weighted by molar-refractivity contribution is 5.90. The Labute approximate surface area is 124 Å². The summed E-state index contributed by atoms with van der Waals surface area (Å²) in [7, 11) is 0. The lowest BCUT2D eigenvalue weighted by atomic mass is 10.2. The second-order valence-corrected chi connectivity index (χ2v) is 5.31. The number of amides is 1. The largest absolute Gasteiger partial charge is 0.293 e. The molecule has 0 aliphatic heterocycles. The number of nitrogens with one attached hydrogen (secondary N) is 1. The van der Waals surface area contributed by atoms with Crippen LogP contribution in [-0.2, 0) is 11.2 Å². The van der Waals surface area contributed by atoms with Crippen LogP contribution in [0.4, 0.5) is 5.95 Å². The van der Waals surface area contributed by atoms with E-state index in [-0.39, 0.29) is 18.3 Å². The summed E-state index contributed by atoms with van der Waals surface area (Å²) in [6.45, 7) is 1.73. The van der Waals surface area contributed by atoms with Gasteiger partial charge in [0.1, 0.15) is 11.4 Å². The van der Waals surface area contributed by atoms with Crippen LogP contribution < -0.4 is 5.32 Å². The molecule has 0 atom stereocenters. The molecule has 1 aliphatic carbocycles. The van der Waals surface area contributed by atoms with Crippen LogP contribution in [0.2, 0.25) is 0 Å². The van der Waals surface area contributed by atoms with Gasteiger partial charge in [0.2, 0.25) is 5.91 Å². The van der Waals surface area contributed by atoms with Crippen molar-refractivity contribution in [1.82, 2.24) is 29.9 Å². The van der Waals surface area contributed by atoms with E-state index >= 15 is 0 Å². The molecule has 1 fully saturated rings. The molecule has 9 nitrogen and oxygen atoms in total. The number of aryl methyl sites for hydroxylation is 1. The van der Waals surface area contributed by atoms with E-state index in [1.54, 1.807) is 17.6 Å². The van der Waals surface area contributed by atoms with Gasteiger partial charge in [-0.2, -0.15) is 9.50 Å². The van der Waals surface area contributed by atoms with Crippen molar-refractivity contribution < 1.29 is 9.42 Å². The molecular weight excluding hydrogens is 286 g/mol. The first kappa shape index (κ1) is 12.9. The van der Waals surface area contributed by atoms with E-state index in [0.29, 0.717) is 23.1 Å². The molecule has 0 saturated heterocycles. The van der Waals surface area contributed by atoms with Crippen LogP contribution >= 0.6 is 0 Å². The van der Waals surface area contributed by atoms with Crippen molar-refractivity contribution in [2.75, 3.05) is 5.32 Å². The number of anilines is 1. The summed E-state index contributed by atoms with van der Waals surface area (Å²) in [6.07, 6.45) is 4.08. The van der Waals surface area contributed by atoms with Gasteiger partial charge in [-0.1, -0.05) is 10.3 Å². The summed E-state index contributed by atoms with van der Waals surface area (Å²) < 4.78 is 6.26. The quantitative estimate of drug-likeness (QED) is 0.760. The minimum atomic E-state index is -0.275. The Kier molecular flexibility index (Phi) is 2.84. The Morgan fingerprint density at radius 2 is 2.32 bits per heavy atom. The number of hydrogen-bond donors (Lipinski definition) is 1. The first-order valence-corrected chi connectivity index (χ1v) is 7.00. The van der Waals surface area contributed by atoms with Gasteiger partial charge < -0.3 is 0 Å². The highest BCUT2D eigenvalue weighted by Crippen LogP contribution is 2.39. The summed E-state index contributed by atoms with van der Waals surface area (Å²) in [5.74, 6) is 0.959. The Balaban J connectivity index is 1.55.